The summed E-state index contributed by atoms with van der Waals surface area (Å²) < 4.78 is 25.3. The summed E-state index contributed by atoms with van der Waals surface area (Å²) in [5, 5.41) is 1.82. The summed E-state index contributed by atoms with van der Waals surface area (Å²) in [6.07, 6.45) is 18.1. The zero-order valence-corrected chi connectivity index (χ0v) is 21.7. The molecule has 1 atom stereocenters. The van der Waals surface area contributed by atoms with Gasteiger partial charge in [-0.3, -0.25) is 0 Å². The third-order valence-corrected chi connectivity index (χ3v) is 9.31. The van der Waals surface area contributed by atoms with Gasteiger partial charge in [-0.05, 0) is 44.3 Å². The molecule has 0 aromatic heterocycles. The number of benzene rings is 2. The Labute approximate surface area is 207 Å². The Morgan fingerprint density at radius 1 is 0.765 bits per heavy atom. The SMILES string of the molecule is O=P(C=CCCCCCCCCCCCOC1CCCCO1)(c1ccccc1)c1ccccc1. The fourth-order valence-corrected chi connectivity index (χ4v) is 6.82. The van der Waals surface area contributed by atoms with Crippen LogP contribution in [0.25, 0.3) is 0 Å². The normalized spacial score (nSPS) is 16.8. The number of unbranched alkanes of at least 4 members (excludes halogenated alkanes) is 9. The molecule has 3 nitrogen and oxygen atoms in total. The highest BCUT2D eigenvalue weighted by Gasteiger charge is 2.23. The Morgan fingerprint density at radius 3 is 1.88 bits per heavy atom. The van der Waals surface area contributed by atoms with E-state index in [4.69, 9.17) is 9.47 Å². The Kier molecular flexibility index (Phi) is 12.7. The minimum atomic E-state index is -2.71. The van der Waals surface area contributed by atoms with E-state index in [1.54, 1.807) is 0 Å². The van der Waals surface area contributed by atoms with Crippen molar-refractivity contribution in [3.63, 3.8) is 0 Å². The van der Waals surface area contributed by atoms with Gasteiger partial charge < -0.3 is 14.0 Å². The first-order valence-corrected chi connectivity index (χ1v) is 15.2. The topological polar surface area (TPSA) is 35.5 Å². The maximum Gasteiger partial charge on any atom is 0.163 e. The van der Waals surface area contributed by atoms with Gasteiger partial charge in [-0.1, -0.05) is 112 Å². The molecule has 0 amide bonds. The molecule has 1 aliphatic rings. The molecule has 2 aromatic carbocycles. The van der Waals surface area contributed by atoms with Crippen LogP contribution in [0, 0.1) is 0 Å². The van der Waals surface area contributed by atoms with Gasteiger partial charge in [-0.25, -0.2) is 0 Å². The summed E-state index contributed by atoms with van der Waals surface area (Å²) in [6.45, 7) is 1.71. The van der Waals surface area contributed by atoms with Gasteiger partial charge in [-0.2, -0.15) is 0 Å². The molecule has 3 rings (SSSR count). The molecular formula is C30H43O3P. The summed E-state index contributed by atoms with van der Waals surface area (Å²) in [6, 6.07) is 19.8. The van der Waals surface area contributed by atoms with Crippen LogP contribution >= 0.6 is 7.14 Å². The molecule has 4 heteroatoms. The zero-order chi connectivity index (χ0) is 23.7. The number of rotatable bonds is 16. The van der Waals surface area contributed by atoms with Gasteiger partial charge in [0.25, 0.3) is 0 Å². The standard InChI is InChI=1S/C30H43O3P/c31-34(28-20-12-10-13-21-28,29-22-14-11-15-23-29)27-19-9-7-5-3-1-2-4-6-8-17-25-32-30-24-16-18-26-33-30/h10-15,19-23,27,30H,1-9,16-18,24-26H2. The van der Waals surface area contributed by atoms with Crippen LogP contribution in [0.5, 0.6) is 0 Å². The van der Waals surface area contributed by atoms with E-state index in [0.29, 0.717) is 0 Å². The average molecular weight is 483 g/mol. The second-order valence-corrected chi connectivity index (χ2v) is 12.0. The van der Waals surface area contributed by atoms with Gasteiger partial charge in [0, 0.05) is 23.8 Å². The number of ether oxygens (including phenoxy) is 2. The largest absolute Gasteiger partial charge is 0.353 e. The molecule has 186 valence electrons. The number of hydrogen-bond donors (Lipinski definition) is 0. The van der Waals surface area contributed by atoms with Crippen molar-refractivity contribution >= 4 is 17.8 Å². The first-order chi connectivity index (χ1) is 16.8. The van der Waals surface area contributed by atoms with Gasteiger partial charge in [0.05, 0.1) is 0 Å². The molecule has 2 aromatic rings. The number of allylic oxidation sites excluding steroid dienone is 1. The maximum absolute atomic E-state index is 13.9. The first-order valence-electron chi connectivity index (χ1n) is 13.4. The first kappa shape index (κ1) is 26.9. The van der Waals surface area contributed by atoms with Gasteiger partial charge in [0.15, 0.2) is 13.4 Å². The molecule has 1 aliphatic heterocycles. The van der Waals surface area contributed by atoms with E-state index < -0.39 is 7.14 Å². The summed E-state index contributed by atoms with van der Waals surface area (Å²) in [5.74, 6) is 1.97. The number of hydrogen-bond acceptors (Lipinski definition) is 3. The van der Waals surface area contributed by atoms with E-state index in [2.05, 4.69) is 6.08 Å². The Hall–Kier alpha value is -1.67. The van der Waals surface area contributed by atoms with Crippen molar-refractivity contribution in [1.82, 2.24) is 0 Å². The molecule has 0 radical (unpaired) electrons. The van der Waals surface area contributed by atoms with Crippen molar-refractivity contribution in [1.29, 1.82) is 0 Å². The summed E-state index contributed by atoms with van der Waals surface area (Å²) in [4.78, 5) is 0. The third-order valence-electron chi connectivity index (χ3n) is 6.55. The lowest BCUT2D eigenvalue weighted by Gasteiger charge is -2.22. The quantitative estimate of drug-likeness (QED) is 0.180. The highest BCUT2D eigenvalue weighted by Crippen LogP contribution is 2.45. The van der Waals surface area contributed by atoms with Crippen LogP contribution in [0.4, 0.5) is 0 Å². The Morgan fingerprint density at radius 2 is 1.32 bits per heavy atom. The Bertz CT molecular complexity index is 800. The van der Waals surface area contributed by atoms with Gasteiger partial charge in [-0.15, -0.1) is 0 Å². The van der Waals surface area contributed by atoms with Gasteiger partial charge >= 0.3 is 0 Å². The fourth-order valence-electron chi connectivity index (χ4n) is 4.50. The predicted octanol–water partition coefficient (Wildman–Crippen LogP) is 7.96. The monoisotopic (exact) mass is 482 g/mol. The van der Waals surface area contributed by atoms with E-state index in [1.165, 1.54) is 64.2 Å². The molecule has 0 aliphatic carbocycles. The van der Waals surface area contributed by atoms with Crippen molar-refractivity contribution in [2.75, 3.05) is 13.2 Å². The van der Waals surface area contributed by atoms with Crippen LogP contribution in [0.1, 0.15) is 83.5 Å². The molecule has 0 saturated carbocycles. The minimum Gasteiger partial charge on any atom is -0.353 e. The third kappa shape index (κ3) is 9.53. The molecule has 0 N–H and O–H groups in total. The van der Waals surface area contributed by atoms with Gasteiger partial charge in [0.1, 0.15) is 0 Å². The van der Waals surface area contributed by atoms with E-state index in [9.17, 15) is 4.57 Å². The molecule has 1 fully saturated rings. The molecule has 34 heavy (non-hydrogen) atoms. The van der Waals surface area contributed by atoms with Crippen molar-refractivity contribution < 1.29 is 14.0 Å². The van der Waals surface area contributed by atoms with Crippen LogP contribution in [0.3, 0.4) is 0 Å². The van der Waals surface area contributed by atoms with Gasteiger partial charge in [0.2, 0.25) is 0 Å². The molecule has 1 saturated heterocycles. The van der Waals surface area contributed by atoms with Crippen LogP contribution < -0.4 is 10.6 Å². The van der Waals surface area contributed by atoms with E-state index in [-0.39, 0.29) is 6.29 Å². The second-order valence-electron chi connectivity index (χ2n) is 9.35. The van der Waals surface area contributed by atoms with E-state index in [0.717, 1.165) is 43.1 Å². The lowest BCUT2D eigenvalue weighted by Crippen LogP contribution is -2.22. The molecular weight excluding hydrogens is 439 g/mol. The predicted molar refractivity (Wildman–Crippen MR) is 145 cm³/mol. The zero-order valence-electron chi connectivity index (χ0n) is 20.8. The average Bonchev–Trinajstić information content (AvgIpc) is 2.90. The molecule has 1 heterocycles. The molecule has 1 unspecified atom stereocenters. The van der Waals surface area contributed by atoms with Crippen molar-refractivity contribution in [3.05, 3.63) is 72.6 Å². The van der Waals surface area contributed by atoms with Crippen molar-refractivity contribution in [2.45, 2.75) is 89.8 Å². The second kappa shape index (κ2) is 16.1. The van der Waals surface area contributed by atoms with Crippen LogP contribution in [-0.4, -0.2) is 19.5 Å². The van der Waals surface area contributed by atoms with E-state index in [1.807, 2.05) is 66.5 Å². The van der Waals surface area contributed by atoms with Crippen molar-refractivity contribution in [3.8, 4) is 0 Å². The highest BCUT2D eigenvalue weighted by atomic mass is 31.2. The smallest absolute Gasteiger partial charge is 0.163 e. The van der Waals surface area contributed by atoms with Crippen LogP contribution in [-0.2, 0) is 14.0 Å². The Balaban J connectivity index is 1.23. The lowest BCUT2D eigenvalue weighted by molar-refractivity contribution is -0.162. The van der Waals surface area contributed by atoms with Crippen LogP contribution in [0.2, 0.25) is 0 Å². The highest BCUT2D eigenvalue weighted by molar-refractivity contribution is 7.81. The summed E-state index contributed by atoms with van der Waals surface area (Å²) in [7, 11) is -2.71. The minimum absolute atomic E-state index is 0.0622. The molecule has 0 spiro atoms. The summed E-state index contributed by atoms with van der Waals surface area (Å²) >= 11 is 0. The summed E-state index contributed by atoms with van der Waals surface area (Å²) in [5.41, 5.74) is 0. The van der Waals surface area contributed by atoms with Crippen LogP contribution in [0.15, 0.2) is 72.6 Å². The maximum atomic E-state index is 13.9. The van der Waals surface area contributed by atoms with Crippen molar-refractivity contribution in [2.24, 2.45) is 0 Å². The lowest BCUT2D eigenvalue weighted by atomic mass is 10.1. The molecule has 0 bridgehead atoms. The van der Waals surface area contributed by atoms with E-state index >= 15 is 0 Å². The fraction of sp³-hybridized carbons (Fsp3) is 0.533.